The molecule has 1 fully saturated rings. The van der Waals surface area contributed by atoms with Gasteiger partial charge < -0.3 is 19.9 Å². The second-order valence-corrected chi connectivity index (χ2v) is 4.28. The molecular formula is C11H19NO5. The first-order valence-corrected chi connectivity index (χ1v) is 5.60. The first kappa shape index (κ1) is 13.9. The third-order valence-electron chi connectivity index (χ3n) is 3.23. The number of rotatable bonds is 7. The fourth-order valence-corrected chi connectivity index (χ4v) is 1.86. The van der Waals surface area contributed by atoms with Crippen molar-refractivity contribution in [1.82, 2.24) is 5.32 Å². The Hall–Kier alpha value is -1.14. The highest BCUT2D eigenvalue weighted by Crippen LogP contribution is 2.37. The third kappa shape index (κ3) is 3.67. The molecule has 0 aromatic rings. The summed E-state index contributed by atoms with van der Waals surface area (Å²) in [6, 6.07) is 0. The number of amides is 1. The van der Waals surface area contributed by atoms with E-state index in [1.807, 2.05) is 0 Å². The van der Waals surface area contributed by atoms with Gasteiger partial charge in [-0.05, 0) is 19.3 Å². The molecule has 0 radical (unpaired) electrons. The molecule has 0 aliphatic heterocycles. The molecule has 6 heteroatoms. The summed E-state index contributed by atoms with van der Waals surface area (Å²) < 4.78 is 10.0. The van der Waals surface area contributed by atoms with Gasteiger partial charge in [0, 0.05) is 14.2 Å². The number of carbonyl (C=O) groups is 2. The van der Waals surface area contributed by atoms with Crippen molar-refractivity contribution >= 4 is 11.9 Å². The van der Waals surface area contributed by atoms with Crippen molar-refractivity contribution in [1.29, 1.82) is 0 Å². The van der Waals surface area contributed by atoms with Gasteiger partial charge in [-0.25, -0.2) is 4.79 Å². The van der Waals surface area contributed by atoms with Crippen molar-refractivity contribution in [2.75, 3.05) is 20.8 Å². The minimum Gasteiger partial charge on any atom is -0.479 e. The molecule has 0 heterocycles. The van der Waals surface area contributed by atoms with E-state index in [-0.39, 0.29) is 24.5 Å². The fraction of sp³-hybridized carbons (Fsp3) is 0.818. The van der Waals surface area contributed by atoms with Gasteiger partial charge in [-0.3, -0.25) is 4.79 Å². The Morgan fingerprint density at radius 1 is 1.41 bits per heavy atom. The highest BCUT2D eigenvalue weighted by Gasteiger charge is 2.39. The first-order chi connectivity index (χ1) is 8.03. The topological polar surface area (TPSA) is 84.9 Å². The van der Waals surface area contributed by atoms with Crippen LogP contribution in [0, 0.1) is 0 Å². The van der Waals surface area contributed by atoms with Crippen LogP contribution >= 0.6 is 0 Å². The minimum atomic E-state index is -1.09. The summed E-state index contributed by atoms with van der Waals surface area (Å²) in [5.41, 5.74) is -0.337. The van der Waals surface area contributed by atoms with E-state index in [2.05, 4.69) is 5.32 Å². The summed E-state index contributed by atoms with van der Waals surface area (Å²) in [5, 5.41) is 11.3. The van der Waals surface area contributed by atoms with Crippen molar-refractivity contribution in [3.8, 4) is 0 Å². The zero-order valence-electron chi connectivity index (χ0n) is 10.2. The van der Waals surface area contributed by atoms with Crippen LogP contribution in [0.15, 0.2) is 0 Å². The quantitative estimate of drug-likeness (QED) is 0.667. The number of carboxylic acid groups (broad SMARTS) is 1. The first-order valence-electron chi connectivity index (χ1n) is 5.60. The lowest BCUT2D eigenvalue weighted by molar-refractivity contribution is -0.148. The van der Waals surface area contributed by atoms with Crippen molar-refractivity contribution in [2.45, 2.75) is 37.4 Å². The molecule has 2 N–H and O–H groups in total. The van der Waals surface area contributed by atoms with Gasteiger partial charge in [-0.15, -0.1) is 0 Å². The normalized spacial score (nSPS) is 19.2. The van der Waals surface area contributed by atoms with Crippen LogP contribution in [-0.4, -0.2) is 49.5 Å². The van der Waals surface area contributed by atoms with E-state index < -0.39 is 12.1 Å². The molecule has 1 aliphatic carbocycles. The van der Waals surface area contributed by atoms with Crippen molar-refractivity contribution < 1.29 is 24.2 Å². The summed E-state index contributed by atoms with van der Waals surface area (Å²) in [6.07, 6.45) is 2.10. The maximum atomic E-state index is 11.6. The van der Waals surface area contributed by atoms with Crippen LogP contribution in [0.4, 0.5) is 0 Å². The van der Waals surface area contributed by atoms with Crippen LogP contribution in [0.1, 0.15) is 25.7 Å². The second-order valence-electron chi connectivity index (χ2n) is 4.28. The predicted octanol–water partition coefficient (Wildman–Crippen LogP) is 0.161. The number of hydrogen-bond acceptors (Lipinski definition) is 4. The molecule has 17 heavy (non-hydrogen) atoms. The zero-order chi connectivity index (χ0) is 12.9. The van der Waals surface area contributed by atoms with Crippen LogP contribution in [0.5, 0.6) is 0 Å². The van der Waals surface area contributed by atoms with Gasteiger partial charge in [-0.1, -0.05) is 0 Å². The van der Waals surface area contributed by atoms with Gasteiger partial charge in [0.25, 0.3) is 0 Å². The summed E-state index contributed by atoms with van der Waals surface area (Å²) >= 11 is 0. The number of methoxy groups -OCH3 is 2. The molecule has 1 atom stereocenters. The number of aliphatic carboxylic acids is 1. The highest BCUT2D eigenvalue weighted by atomic mass is 16.5. The number of hydrogen-bond donors (Lipinski definition) is 2. The molecule has 0 aromatic heterocycles. The number of carbonyl (C=O) groups excluding carboxylic acids is 1. The smallest absolute Gasteiger partial charge is 0.334 e. The molecule has 0 bridgehead atoms. The average molecular weight is 245 g/mol. The molecule has 0 aromatic carbocycles. The van der Waals surface area contributed by atoms with Crippen LogP contribution in [0.3, 0.4) is 0 Å². The maximum absolute atomic E-state index is 11.6. The lowest BCUT2D eigenvalue weighted by Crippen LogP contribution is -2.46. The van der Waals surface area contributed by atoms with Crippen LogP contribution in [0.25, 0.3) is 0 Å². The summed E-state index contributed by atoms with van der Waals surface area (Å²) in [4.78, 5) is 22.3. The number of ether oxygens (including phenoxy) is 2. The fourth-order valence-electron chi connectivity index (χ4n) is 1.86. The monoisotopic (exact) mass is 245 g/mol. The number of nitrogens with one attached hydrogen (secondary N) is 1. The van der Waals surface area contributed by atoms with Crippen LogP contribution in [0.2, 0.25) is 0 Å². The average Bonchev–Trinajstić information content (AvgIpc) is 2.24. The molecule has 0 spiro atoms. The van der Waals surface area contributed by atoms with E-state index in [4.69, 9.17) is 14.6 Å². The van der Waals surface area contributed by atoms with Gasteiger partial charge in [0.15, 0.2) is 6.10 Å². The molecule has 1 aliphatic rings. The Kier molecular flexibility index (Phi) is 4.89. The Morgan fingerprint density at radius 3 is 2.41 bits per heavy atom. The Morgan fingerprint density at radius 2 is 2.06 bits per heavy atom. The van der Waals surface area contributed by atoms with E-state index in [0.717, 1.165) is 19.3 Å². The molecule has 1 rings (SSSR count). The number of carboxylic acids is 1. The highest BCUT2D eigenvalue weighted by molar-refractivity contribution is 5.79. The molecule has 98 valence electrons. The van der Waals surface area contributed by atoms with Crippen molar-refractivity contribution in [3.63, 3.8) is 0 Å². The van der Waals surface area contributed by atoms with Gasteiger partial charge in [0.1, 0.15) is 0 Å². The second kappa shape index (κ2) is 5.97. The third-order valence-corrected chi connectivity index (χ3v) is 3.23. The molecule has 6 nitrogen and oxygen atoms in total. The predicted molar refractivity (Wildman–Crippen MR) is 59.7 cm³/mol. The largest absolute Gasteiger partial charge is 0.479 e. The van der Waals surface area contributed by atoms with Crippen molar-refractivity contribution in [2.24, 2.45) is 0 Å². The SMILES string of the molecule is COC(CNC(=O)CC1(OC)CCC1)C(=O)O. The lowest BCUT2D eigenvalue weighted by atomic mass is 9.77. The van der Waals surface area contributed by atoms with Crippen LogP contribution in [-0.2, 0) is 19.1 Å². The molecule has 1 saturated carbocycles. The van der Waals surface area contributed by atoms with Gasteiger partial charge >= 0.3 is 5.97 Å². The maximum Gasteiger partial charge on any atom is 0.334 e. The minimum absolute atomic E-state index is 0.0234. The summed E-state index contributed by atoms with van der Waals surface area (Å²) in [7, 11) is 2.90. The van der Waals surface area contributed by atoms with Crippen molar-refractivity contribution in [3.05, 3.63) is 0 Å². The van der Waals surface area contributed by atoms with E-state index in [9.17, 15) is 9.59 Å². The summed E-state index contributed by atoms with van der Waals surface area (Å²) in [6.45, 7) is -0.0234. The molecular weight excluding hydrogens is 226 g/mol. The van der Waals surface area contributed by atoms with E-state index in [0.29, 0.717) is 0 Å². The van der Waals surface area contributed by atoms with Crippen LogP contribution < -0.4 is 5.32 Å². The van der Waals surface area contributed by atoms with Gasteiger partial charge in [-0.2, -0.15) is 0 Å². The Balaban J connectivity index is 2.32. The molecule has 0 saturated heterocycles. The standard InChI is InChI=1S/C11H19NO5/c1-16-8(10(14)15)7-12-9(13)6-11(17-2)4-3-5-11/h8H,3-7H2,1-2H3,(H,12,13)(H,14,15). The lowest BCUT2D eigenvalue weighted by Gasteiger charge is -2.39. The summed E-state index contributed by atoms with van der Waals surface area (Å²) in [5.74, 6) is -1.28. The Labute approximate surface area is 100 Å². The Bertz CT molecular complexity index is 282. The van der Waals surface area contributed by atoms with E-state index in [1.54, 1.807) is 7.11 Å². The zero-order valence-corrected chi connectivity index (χ0v) is 10.2. The van der Waals surface area contributed by atoms with E-state index in [1.165, 1.54) is 7.11 Å². The van der Waals surface area contributed by atoms with Gasteiger partial charge in [0.2, 0.25) is 5.91 Å². The molecule has 1 unspecified atom stereocenters. The molecule has 1 amide bonds. The van der Waals surface area contributed by atoms with Gasteiger partial charge in [0.05, 0.1) is 18.6 Å². The van der Waals surface area contributed by atoms with E-state index >= 15 is 0 Å².